The average Bonchev–Trinajstić information content (AvgIpc) is 3.16. The number of amides is 1. The van der Waals surface area contributed by atoms with E-state index in [1.54, 1.807) is 6.07 Å². The fraction of sp³-hybridized carbons (Fsp3) is 0.115. The molecular weight excluding hydrogens is 386 g/mol. The van der Waals surface area contributed by atoms with Crippen molar-refractivity contribution in [2.45, 2.75) is 13.3 Å². The first kappa shape index (κ1) is 19.0. The maximum Gasteiger partial charge on any atom is 0.250 e. The van der Waals surface area contributed by atoms with Crippen LogP contribution >= 0.6 is 0 Å². The van der Waals surface area contributed by atoms with Crippen LogP contribution in [0, 0.1) is 6.92 Å². The van der Waals surface area contributed by atoms with Gasteiger partial charge in [-0.2, -0.15) is 0 Å². The van der Waals surface area contributed by atoms with Crippen molar-refractivity contribution in [2.75, 3.05) is 6.54 Å². The number of allylic oxidation sites excluding steroid dienone is 1. The van der Waals surface area contributed by atoms with E-state index < -0.39 is 5.91 Å². The van der Waals surface area contributed by atoms with Gasteiger partial charge < -0.3 is 10.7 Å². The van der Waals surface area contributed by atoms with Gasteiger partial charge in [0.15, 0.2) is 0 Å². The molecule has 3 N–H and O–H groups in total. The lowest BCUT2D eigenvalue weighted by molar-refractivity contribution is 0.100. The number of dihydropyridines is 1. The van der Waals surface area contributed by atoms with Gasteiger partial charge in [-0.3, -0.25) is 14.6 Å². The number of aryl methyl sites for hydroxylation is 1. The highest BCUT2D eigenvalue weighted by Gasteiger charge is 2.16. The molecule has 0 saturated carbocycles. The minimum absolute atomic E-state index is 0.450. The first-order valence-electron chi connectivity index (χ1n) is 10.2. The number of aldehydes is 1. The first-order valence-corrected chi connectivity index (χ1v) is 10.2. The summed E-state index contributed by atoms with van der Waals surface area (Å²) in [4.78, 5) is 31.1. The number of carbonyl (C=O) groups excluding carboxylic acids is 2. The molecule has 4 aromatic rings. The highest BCUT2D eigenvalue weighted by Crippen LogP contribution is 2.35. The molecule has 2 heterocycles. The van der Waals surface area contributed by atoms with E-state index in [2.05, 4.69) is 34.2 Å². The maximum atomic E-state index is 12.3. The highest BCUT2D eigenvalue weighted by atomic mass is 16.1. The van der Waals surface area contributed by atoms with Gasteiger partial charge in [0.1, 0.15) is 6.29 Å². The summed E-state index contributed by atoms with van der Waals surface area (Å²) < 4.78 is 0. The Bertz CT molecular complexity index is 1440. The van der Waals surface area contributed by atoms with Crippen molar-refractivity contribution >= 4 is 45.8 Å². The Morgan fingerprint density at radius 1 is 1.03 bits per heavy atom. The Morgan fingerprint density at radius 2 is 1.87 bits per heavy atom. The predicted molar refractivity (Wildman–Crippen MR) is 126 cm³/mol. The molecule has 0 unspecified atom stereocenters. The Labute approximate surface area is 179 Å². The number of benzene rings is 3. The van der Waals surface area contributed by atoms with Crippen LogP contribution in [0.3, 0.4) is 0 Å². The van der Waals surface area contributed by atoms with Crippen LogP contribution in [0.5, 0.6) is 0 Å². The average molecular weight is 407 g/mol. The molecule has 5 rings (SSSR count). The van der Waals surface area contributed by atoms with Crippen LogP contribution in [0.25, 0.3) is 38.5 Å². The van der Waals surface area contributed by atoms with Crippen LogP contribution in [0.1, 0.15) is 38.3 Å². The molecule has 5 nitrogen and oxygen atoms in total. The molecule has 0 saturated heterocycles. The Hall–Kier alpha value is -3.99. The maximum absolute atomic E-state index is 12.3. The molecule has 0 fully saturated rings. The van der Waals surface area contributed by atoms with E-state index in [9.17, 15) is 9.59 Å². The fourth-order valence-electron chi connectivity index (χ4n) is 4.28. The molecule has 5 heteroatoms. The van der Waals surface area contributed by atoms with Crippen molar-refractivity contribution in [3.63, 3.8) is 0 Å². The first-order chi connectivity index (χ1) is 15.0. The normalized spacial score (nSPS) is 13.5. The van der Waals surface area contributed by atoms with Crippen LogP contribution in [0.2, 0.25) is 0 Å². The number of carbonyl (C=O) groups is 2. The van der Waals surface area contributed by atoms with Crippen molar-refractivity contribution in [3.05, 3.63) is 76.9 Å². The molecule has 0 bridgehead atoms. The number of hydrogen-bond donors (Lipinski definition) is 2. The summed E-state index contributed by atoms with van der Waals surface area (Å²) in [6.45, 7) is 2.70. The lowest BCUT2D eigenvalue weighted by Gasteiger charge is -2.09. The molecule has 31 heavy (non-hydrogen) atoms. The quantitative estimate of drug-likeness (QED) is 0.463. The number of fused-ring (bicyclic) bond motifs is 3. The summed E-state index contributed by atoms with van der Waals surface area (Å²) in [7, 11) is 0. The highest BCUT2D eigenvalue weighted by molar-refractivity contribution is 6.16. The number of H-pyrrole nitrogens is 1. The summed E-state index contributed by atoms with van der Waals surface area (Å²) in [5.41, 5.74) is 13.7. The molecule has 1 aromatic heterocycles. The third-order valence-corrected chi connectivity index (χ3v) is 5.97. The zero-order valence-corrected chi connectivity index (χ0v) is 17.1. The summed E-state index contributed by atoms with van der Waals surface area (Å²) in [6.07, 6.45) is 5.66. The van der Waals surface area contributed by atoms with Gasteiger partial charge in [0.2, 0.25) is 0 Å². The van der Waals surface area contributed by atoms with Gasteiger partial charge in [0.25, 0.3) is 5.91 Å². The van der Waals surface area contributed by atoms with Gasteiger partial charge in [-0.25, -0.2) is 0 Å². The zero-order chi connectivity index (χ0) is 21.5. The summed E-state index contributed by atoms with van der Waals surface area (Å²) in [5, 5.41) is 1.98. The summed E-state index contributed by atoms with van der Waals surface area (Å²) >= 11 is 0. The van der Waals surface area contributed by atoms with E-state index in [0.717, 1.165) is 63.3 Å². The standard InChI is InChI=1S/C26H21N3O2/c1-15-10-17(2-3-19(15)14-30)20-11-22-21-5-4-18(16-6-8-28-9-7-16)13-24(21)29-25(22)23(12-20)26(27)31/h2-6,8,10-14,29H,7,9H2,1H3,(H2,27,31). The number of nitrogens with zero attached hydrogens (tertiary/aromatic N) is 1. The summed E-state index contributed by atoms with van der Waals surface area (Å²) in [6, 6.07) is 15.9. The largest absolute Gasteiger partial charge is 0.366 e. The molecule has 0 atom stereocenters. The van der Waals surface area contributed by atoms with E-state index >= 15 is 0 Å². The van der Waals surface area contributed by atoms with E-state index in [4.69, 9.17) is 5.73 Å². The second-order valence-electron chi connectivity index (χ2n) is 7.88. The van der Waals surface area contributed by atoms with E-state index in [1.165, 1.54) is 5.57 Å². The van der Waals surface area contributed by atoms with Gasteiger partial charge in [-0.1, -0.05) is 30.3 Å². The van der Waals surface area contributed by atoms with Crippen molar-refractivity contribution < 1.29 is 9.59 Å². The summed E-state index contributed by atoms with van der Waals surface area (Å²) in [5.74, 6) is -0.480. The van der Waals surface area contributed by atoms with Gasteiger partial charge in [0.05, 0.1) is 11.1 Å². The number of aromatic amines is 1. The third-order valence-electron chi connectivity index (χ3n) is 5.97. The Morgan fingerprint density at radius 3 is 2.58 bits per heavy atom. The van der Waals surface area contributed by atoms with Crippen molar-refractivity contribution in [2.24, 2.45) is 10.7 Å². The zero-order valence-electron chi connectivity index (χ0n) is 17.1. The lowest BCUT2D eigenvalue weighted by atomic mass is 9.95. The monoisotopic (exact) mass is 407 g/mol. The van der Waals surface area contributed by atoms with Gasteiger partial charge >= 0.3 is 0 Å². The molecule has 0 aliphatic carbocycles. The Kier molecular flexibility index (Phi) is 4.51. The molecule has 1 aliphatic rings. The molecule has 3 aromatic carbocycles. The van der Waals surface area contributed by atoms with Gasteiger partial charge in [0, 0.05) is 34.6 Å². The van der Waals surface area contributed by atoms with Crippen molar-refractivity contribution in [1.82, 2.24) is 4.98 Å². The third kappa shape index (κ3) is 3.24. The fourth-order valence-corrected chi connectivity index (χ4v) is 4.28. The van der Waals surface area contributed by atoms with E-state index in [0.29, 0.717) is 11.1 Å². The number of rotatable bonds is 4. The number of nitrogens with one attached hydrogen (secondary N) is 1. The van der Waals surface area contributed by atoms with Gasteiger partial charge in [-0.15, -0.1) is 0 Å². The lowest BCUT2D eigenvalue weighted by Crippen LogP contribution is -2.11. The minimum atomic E-state index is -0.480. The van der Waals surface area contributed by atoms with E-state index in [-0.39, 0.29) is 0 Å². The van der Waals surface area contributed by atoms with Crippen LogP contribution in [-0.4, -0.2) is 29.9 Å². The number of primary amides is 1. The van der Waals surface area contributed by atoms with Gasteiger partial charge in [-0.05, 0) is 65.4 Å². The van der Waals surface area contributed by atoms with Crippen LogP contribution in [0.4, 0.5) is 0 Å². The smallest absolute Gasteiger partial charge is 0.250 e. The molecule has 0 spiro atoms. The van der Waals surface area contributed by atoms with Crippen molar-refractivity contribution in [1.29, 1.82) is 0 Å². The number of aromatic nitrogens is 1. The molecule has 152 valence electrons. The second kappa shape index (κ2) is 7.36. The topological polar surface area (TPSA) is 88.3 Å². The van der Waals surface area contributed by atoms with Crippen LogP contribution in [-0.2, 0) is 0 Å². The van der Waals surface area contributed by atoms with Crippen LogP contribution < -0.4 is 5.73 Å². The molecule has 1 amide bonds. The van der Waals surface area contributed by atoms with Crippen molar-refractivity contribution in [3.8, 4) is 11.1 Å². The molecular formula is C26H21N3O2. The molecule has 1 aliphatic heterocycles. The minimum Gasteiger partial charge on any atom is -0.366 e. The molecule has 0 radical (unpaired) electrons. The van der Waals surface area contributed by atoms with E-state index in [1.807, 2.05) is 37.4 Å². The number of nitrogens with two attached hydrogens (primary N) is 1. The van der Waals surface area contributed by atoms with Crippen LogP contribution in [0.15, 0.2) is 59.6 Å². The predicted octanol–water partition coefficient (Wildman–Crippen LogP) is 5.07. The number of hydrogen-bond acceptors (Lipinski definition) is 3. The number of aliphatic imine (C=N–C) groups is 1. The SMILES string of the molecule is Cc1cc(-c2cc(C(N)=O)c3[nH]c4cc(C5=CC=NCC5)ccc4c3c2)ccc1C=O. The second-order valence-corrected chi connectivity index (χ2v) is 7.88. The Balaban J connectivity index is 1.72.